The van der Waals surface area contributed by atoms with Crippen molar-refractivity contribution in [2.24, 2.45) is 0 Å². The molecule has 0 atom stereocenters. The van der Waals surface area contributed by atoms with E-state index in [1.54, 1.807) is 0 Å². The van der Waals surface area contributed by atoms with Gasteiger partial charge in [0, 0.05) is 17.1 Å². The quantitative estimate of drug-likeness (QED) is 0.756. The van der Waals surface area contributed by atoms with Gasteiger partial charge in [-0.2, -0.15) is 0 Å². The SMILES string of the molecule is CCSN(Cc1cccc(C)n1)Cc1cccc(C)n1. The van der Waals surface area contributed by atoms with E-state index >= 15 is 0 Å². The van der Waals surface area contributed by atoms with E-state index in [1.807, 2.05) is 37.9 Å². The van der Waals surface area contributed by atoms with E-state index in [0.29, 0.717) is 0 Å². The molecule has 0 N–H and O–H groups in total. The zero-order valence-electron chi connectivity index (χ0n) is 12.3. The second kappa shape index (κ2) is 7.41. The van der Waals surface area contributed by atoms with Crippen molar-refractivity contribution in [1.29, 1.82) is 0 Å². The maximum Gasteiger partial charge on any atom is 0.0556 e. The minimum absolute atomic E-state index is 0.843. The first-order chi connectivity index (χ1) is 9.67. The Morgan fingerprint density at radius 3 is 1.80 bits per heavy atom. The van der Waals surface area contributed by atoms with E-state index in [9.17, 15) is 0 Å². The number of aryl methyl sites for hydroxylation is 2. The van der Waals surface area contributed by atoms with Gasteiger partial charge in [0.05, 0.1) is 24.5 Å². The van der Waals surface area contributed by atoms with Crippen molar-refractivity contribution in [1.82, 2.24) is 14.3 Å². The van der Waals surface area contributed by atoms with Crippen LogP contribution < -0.4 is 0 Å². The van der Waals surface area contributed by atoms with Gasteiger partial charge in [-0.25, -0.2) is 4.31 Å². The summed E-state index contributed by atoms with van der Waals surface area (Å²) in [5.74, 6) is 1.05. The van der Waals surface area contributed by atoms with Crippen molar-refractivity contribution >= 4 is 11.9 Å². The molecular formula is C16H21N3S. The van der Waals surface area contributed by atoms with Gasteiger partial charge in [0.15, 0.2) is 0 Å². The highest BCUT2D eigenvalue weighted by Gasteiger charge is 2.09. The largest absolute Gasteiger partial charge is 0.257 e. The molecule has 0 spiro atoms. The van der Waals surface area contributed by atoms with E-state index in [-0.39, 0.29) is 0 Å². The normalized spacial score (nSPS) is 11.0. The van der Waals surface area contributed by atoms with E-state index in [2.05, 4.69) is 45.5 Å². The van der Waals surface area contributed by atoms with Crippen LogP contribution in [-0.4, -0.2) is 20.0 Å². The van der Waals surface area contributed by atoms with Crippen molar-refractivity contribution in [3.63, 3.8) is 0 Å². The number of pyridine rings is 2. The Morgan fingerprint density at radius 2 is 1.40 bits per heavy atom. The molecule has 0 saturated carbocycles. The predicted octanol–water partition coefficient (Wildman–Crippen LogP) is 3.76. The first-order valence-corrected chi connectivity index (χ1v) is 7.84. The fourth-order valence-electron chi connectivity index (χ4n) is 2.07. The molecule has 2 heterocycles. The van der Waals surface area contributed by atoms with Crippen molar-refractivity contribution in [2.45, 2.75) is 33.9 Å². The van der Waals surface area contributed by atoms with Gasteiger partial charge in [-0.1, -0.05) is 31.0 Å². The van der Waals surface area contributed by atoms with Gasteiger partial charge >= 0.3 is 0 Å². The van der Waals surface area contributed by atoms with E-state index in [1.165, 1.54) is 0 Å². The Balaban J connectivity index is 2.07. The minimum Gasteiger partial charge on any atom is -0.257 e. The number of rotatable bonds is 6. The van der Waals surface area contributed by atoms with Crippen molar-refractivity contribution < 1.29 is 0 Å². The predicted molar refractivity (Wildman–Crippen MR) is 85.3 cm³/mol. The summed E-state index contributed by atoms with van der Waals surface area (Å²) in [6.45, 7) is 7.92. The summed E-state index contributed by atoms with van der Waals surface area (Å²) in [4.78, 5) is 9.16. The molecule has 2 rings (SSSR count). The first-order valence-electron chi connectivity index (χ1n) is 6.90. The summed E-state index contributed by atoms with van der Waals surface area (Å²) in [5, 5.41) is 0. The van der Waals surface area contributed by atoms with Gasteiger partial charge in [0.25, 0.3) is 0 Å². The second-order valence-corrected chi connectivity index (χ2v) is 6.11. The third kappa shape index (κ3) is 4.62. The lowest BCUT2D eigenvalue weighted by Gasteiger charge is -2.20. The highest BCUT2D eigenvalue weighted by Crippen LogP contribution is 2.17. The lowest BCUT2D eigenvalue weighted by Crippen LogP contribution is -2.17. The molecule has 0 unspecified atom stereocenters. The van der Waals surface area contributed by atoms with Gasteiger partial charge in [0.1, 0.15) is 0 Å². The van der Waals surface area contributed by atoms with E-state index in [0.717, 1.165) is 41.6 Å². The molecular weight excluding hydrogens is 266 g/mol. The van der Waals surface area contributed by atoms with Crippen molar-refractivity contribution in [2.75, 3.05) is 5.75 Å². The van der Waals surface area contributed by atoms with Crippen molar-refractivity contribution in [3.8, 4) is 0 Å². The highest BCUT2D eigenvalue weighted by molar-refractivity contribution is 7.96. The smallest absolute Gasteiger partial charge is 0.0556 e. The molecule has 0 fully saturated rings. The molecule has 0 aliphatic heterocycles. The number of nitrogens with zero attached hydrogens (tertiary/aromatic N) is 3. The zero-order valence-corrected chi connectivity index (χ0v) is 13.2. The summed E-state index contributed by atoms with van der Waals surface area (Å²) in [5.41, 5.74) is 4.35. The van der Waals surface area contributed by atoms with E-state index < -0.39 is 0 Å². The second-order valence-electron chi connectivity index (χ2n) is 4.76. The number of hydrogen-bond donors (Lipinski definition) is 0. The molecule has 106 valence electrons. The highest BCUT2D eigenvalue weighted by atomic mass is 32.2. The molecule has 2 aromatic heterocycles. The molecule has 0 amide bonds. The minimum atomic E-state index is 0.843. The zero-order chi connectivity index (χ0) is 14.4. The number of aromatic nitrogens is 2. The average molecular weight is 287 g/mol. The van der Waals surface area contributed by atoms with Crippen molar-refractivity contribution in [3.05, 3.63) is 59.2 Å². The fraction of sp³-hybridized carbons (Fsp3) is 0.375. The molecule has 0 radical (unpaired) electrons. The Kier molecular flexibility index (Phi) is 5.56. The van der Waals surface area contributed by atoms with Crippen LogP contribution in [0.5, 0.6) is 0 Å². The third-order valence-corrected chi connectivity index (χ3v) is 3.76. The molecule has 4 heteroatoms. The Bertz CT molecular complexity index is 509. The maximum absolute atomic E-state index is 4.58. The Hall–Kier alpha value is -1.39. The van der Waals surface area contributed by atoms with Crippen LogP contribution in [0.3, 0.4) is 0 Å². The summed E-state index contributed by atoms with van der Waals surface area (Å²) < 4.78 is 2.32. The van der Waals surface area contributed by atoms with Gasteiger partial charge in [0.2, 0.25) is 0 Å². The molecule has 3 nitrogen and oxygen atoms in total. The fourth-order valence-corrected chi connectivity index (χ4v) is 2.88. The summed E-state index contributed by atoms with van der Waals surface area (Å²) in [6.07, 6.45) is 0. The van der Waals surface area contributed by atoms with Crippen LogP contribution in [0.25, 0.3) is 0 Å². The Labute approximate surface area is 125 Å². The topological polar surface area (TPSA) is 29.0 Å². The monoisotopic (exact) mass is 287 g/mol. The first kappa shape index (κ1) is 15.0. The molecule has 0 bridgehead atoms. The number of hydrogen-bond acceptors (Lipinski definition) is 4. The van der Waals surface area contributed by atoms with E-state index in [4.69, 9.17) is 0 Å². The van der Waals surface area contributed by atoms with Crippen LogP contribution in [0.1, 0.15) is 29.7 Å². The van der Waals surface area contributed by atoms with Crippen LogP contribution >= 0.6 is 11.9 Å². The van der Waals surface area contributed by atoms with Gasteiger partial charge in [-0.05, 0) is 38.1 Å². The molecule has 0 saturated heterocycles. The molecule has 0 aliphatic rings. The summed E-state index contributed by atoms with van der Waals surface area (Å²) >= 11 is 1.83. The molecule has 0 aromatic carbocycles. The van der Waals surface area contributed by atoms with Crippen LogP contribution in [0.15, 0.2) is 36.4 Å². The van der Waals surface area contributed by atoms with Gasteiger partial charge < -0.3 is 0 Å². The third-order valence-electron chi connectivity index (χ3n) is 2.88. The van der Waals surface area contributed by atoms with Crippen LogP contribution in [-0.2, 0) is 13.1 Å². The van der Waals surface area contributed by atoms with Gasteiger partial charge in [-0.3, -0.25) is 9.97 Å². The molecule has 0 aliphatic carbocycles. The average Bonchev–Trinajstić information content (AvgIpc) is 2.39. The maximum atomic E-state index is 4.58. The Morgan fingerprint density at radius 1 is 0.900 bits per heavy atom. The summed E-state index contributed by atoms with van der Waals surface area (Å²) in [7, 11) is 0. The lowest BCUT2D eigenvalue weighted by molar-refractivity contribution is 0.449. The summed E-state index contributed by atoms with van der Waals surface area (Å²) in [6, 6.07) is 12.4. The molecule has 2 aromatic rings. The van der Waals surface area contributed by atoms with Crippen LogP contribution in [0, 0.1) is 13.8 Å². The molecule has 20 heavy (non-hydrogen) atoms. The standard InChI is InChI=1S/C16H21N3S/c1-4-20-19(11-15-9-5-7-13(2)17-15)12-16-10-6-8-14(3)18-16/h5-10H,4,11-12H2,1-3H3. The van der Waals surface area contributed by atoms with Crippen LogP contribution in [0.4, 0.5) is 0 Å². The lowest BCUT2D eigenvalue weighted by atomic mass is 10.3. The van der Waals surface area contributed by atoms with Gasteiger partial charge in [-0.15, -0.1) is 0 Å². The van der Waals surface area contributed by atoms with Crippen LogP contribution in [0.2, 0.25) is 0 Å².